The molecule has 0 bridgehead atoms. The second-order valence-electron chi connectivity index (χ2n) is 3.96. The Morgan fingerprint density at radius 1 is 1.28 bits per heavy atom. The average Bonchev–Trinajstić information content (AvgIpc) is 2.37. The lowest BCUT2D eigenvalue weighted by Gasteiger charge is -2.23. The average molecular weight is 258 g/mol. The second-order valence-corrected chi connectivity index (χ2v) is 3.96. The van der Waals surface area contributed by atoms with E-state index < -0.39 is 17.7 Å². The molecule has 1 unspecified atom stereocenters. The fourth-order valence-corrected chi connectivity index (χ4v) is 1.27. The maximum absolute atomic E-state index is 11.6. The molecule has 0 aliphatic carbocycles. The molecule has 0 aromatic rings. The van der Waals surface area contributed by atoms with Crippen LogP contribution in [0, 0.1) is 0 Å². The highest BCUT2D eigenvalue weighted by Crippen LogP contribution is 2.15. The van der Waals surface area contributed by atoms with Crippen LogP contribution in [0.25, 0.3) is 0 Å². The van der Waals surface area contributed by atoms with E-state index in [1.165, 1.54) is 6.92 Å². The van der Waals surface area contributed by atoms with E-state index in [-0.39, 0.29) is 13.0 Å². The molecule has 0 saturated carbocycles. The highest BCUT2D eigenvalue weighted by molar-refractivity contribution is 5.86. The number of carbonyl (C=O) groups is 2. The Labute approximate surface area is 108 Å². The molecule has 5 heteroatoms. The molecule has 0 aliphatic rings. The van der Waals surface area contributed by atoms with Gasteiger partial charge in [0.25, 0.3) is 0 Å². The van der Waals surface area contributed by atoms with Gasteiger partial charge in [0.1, 0.15) is 0 Å². The fraction of sp³-hybridized carbons (Fsp3) is 0.692. The Bertz CT molecular complexity index is 287. The lowest BCUT2D eigenvalue weighted by Crippen LogP contribution is -2.43. The Balaban J connectivity index is 4.16. The third-order valence-corrected chi connectivity index (χ3v) is 2.47. The van der Waals surface area contributed by atoms with Crippen molar-refractivity contribution < 1.29 is 24.2 Å². The van der Waals surface area contributed by atoms with Crippen LogP contribution >= 0.6 is 0 Å². The molecule has 0 aromatic carbocycles. The zero-order valence-electron chi connectivity index (χ0n) is 11.1. The molecule has 5 nitrogen and oxygen atoms in total. The lowest BCUT2D eigenvalue weighted by atomic mass is 10.2. The zero-order valence-corrected chi connectivity index (χ0v) is 11.1. The Hall–Kier alpha value is -1.36. The molecule has 0 amide bonds. The smallest absolute Gasteiger partial charge is 0.379 e. The number of rotatable bonds is 9. The van der Waals surface area contributed by atoms with Crippen LogP contribution in [0.15, 0.2) is 12.7 Å². The molecule has 0 radical (unpaired) electrons. The van der Waals surface area contributed by atoms with E-state index in [1.807, 2.05) is 0 Å². The highest BCUT2D eigenvalue weighted by Gasteiger charge is 2.39. The van der Waals surface area contributed by atoms with E-state index in [0.717, 1.165) is 31.8 Å². The van der Waals surface area contributed by atoms with E-state index in [1.54, 1.807) is 0 Å². The summed E-state index contributed by atoms with van der Waals surface area (Å²) in [4.78, 5) is 22.6. The zero-order chi connectivity index (χ0) is 14.0. The molecule has 0 spiro atoms. The summed E-state index contributed by atoms with van der Waals surface area (Å²) in [6.07, 6.45) is 4.66. The molecule has 0 aromatic heterocycles. The number of aliphatic hydroxyl groups is 1. The minimum absolute atomic E-state index is 0.0691. The molecule has 104 valence electrons. The number of ether oxygens (including phenoxy) is 2. The minimum Gasteiger partial charge on any atom is -0.461 e. The maximum Gasteiger partial charge on any atom is 0.379 e. The summed E-state index contributed by atoms with van der Waals surface area (Å²) >= 11 is 0. The topological polar surface area (TPSA) is 72.8 Å². The van der Waals surface area contributed by atoms with Gasteiger partial charge in [-0.1, -0.05) is 39.7 Å². The third-order valence-electron chi connectivity index (χ3n) is 2.47. The quantitative estimate of drug-likeness (QED) is 0.296. The first-order valence-corrected chi connectivity index (χ1v) is 6.25. The van der Waals surface area contributed by atoms with Crippen molar-refractivity contribution in [3.05, 3.63) is 12.7 Å². The van der Waals surface area contributed by atoms with Crippen molar-refractivity contribution in [3.63, 3.8) is 0 Å². The molecular formula is C13H22O5. The van der Waals surface area contributed by atoms with E-state index >= 15 is 0 Å². The minimum atomic E-state index is -2.21. The van der Waals surface area contributed by atoms with Crippen molar-refractivity contribution in [3.8, 4) is 0 Å². The monoisotopic (exact) mass is 258 g/mol. The molecule has 0 fully saturated rings. The molecule has 0 heterocycles. The van der Waals surface area contributed by atoms with E-state index in [9.17, 15) is 14.7 Å². The Morgan fingerprint density at radius 3 is 2.44 bits per heavy atom. The largest absolute Gasteiger partial charge is 0.461 e. The van der Waals surface area contributed by atoms with E-state index in [0.29, 0.717) is 0 Å². The number of unbranched alkanes of at least 4 members (excludes halogenated alkanes) is 3. The molecule has 1 atom stereocenters. The summed E-state index contributed by atoms with van der Waals surface area (Å²) < 4.78 is 9.49. The van der Waals surface area contributed by atoms with Crippen molar-refractivity contribution in [1.29, 1.82) is 0 Å². The van der Waals surface area contributed by atoms with Crippen LogP contribution in [0.2, 0.25) is 0 Å². The predicted octanol–water partition coefficient (Wildman–Crippen LogP) is 1.94. The van der Waals surface area contributed by atoms with E-state index in [2.05, 4.69) is 18.2 Å². The first-order chi connectivity index (χ1) is 8.50. The van der Waals surface area contributed by atoms with Crippen LogP contribution in [0.5, 0.6) is 0 Å². The van der Waals surface area contributed by atoms with Crippen molar-refractivity contribution in [2.45, 2.75) is 51.7 Å². The third kappa shape index (κ3) is 5.82. The lowest BCUT2D eigenvalue weighted by molar-refractivity contribution is -0.225. The maximum atomic E-state index is 11.6. The molecule has 0 rings (SSSR count). The van der Waals surface area contributed by atoms with Crippen LogP contribution in [0.3, 0.4) is 0 Å². The van der Waals surface area contributed by atoms with Crippen LogP contribution in [-0.4, -0.2) is 29.4 Å². The Kier molecular flexibility index (Phi) is 8.03. The highest BCUT2D eigenvalue weighted by atomic mass is 16.7. The summed E-state index contributed by atoms with van der Waals surface area (Å²) in [5.41, 5.74) is 0. The number of esters is 2. The van der Waals surface area contributed by atoms with Crippen molar-refractivity contribution in [2.24, 2.45) is 0 Å². The van der Waals surface area contributed by atoms with Crippen LogP contribution in [-0.2, 0) is 19.1 Å². The van der Waals surface area contributed by atoms with Gasteiger partial charge in [-0.2, -0.15) is 0 Å². The number of hydrogen-bond acceptors (Lipinski definition) is 5. The van der Waals surface area contributed by atoms with Crippen molar-refractivity contribution >= 4 is 11.9 Å². The van der Waals surface area contributed by atoms with Gasteiger partial charge < -0.3 is 14.6 Å². The summed E-state index contributed by atoms with van der Waals surface area (Å²) in [7, 11) is 0. The van der Waals surface area contributed by atoms with Gasteiger partial charge in [-0.15, -0.1) is 0 Å². The standard InChI is InChI=1S/C13H22O5/c1-4-7-8-9-10-17-12(15)13(16,6-3)18-11(14)5-2/h5,16H,2,4,6-10H2,1,3H3. The van der Waals surface area contributed by atoms with Gasteiger partial charge in [0, 0.05) is 12.5 Å². The summed E-state index contributed by atoms with van der Waals surface area (Å²) in [6, 6.07) is 0. The first-order valence-electron chi connectivity index (χ1n) is 6.25. The van der Waals surface area contributed by atoms with Crippen molar-refractivity contribution in [2.75, 3.05) is 6.61 Å². The summed E-state index contributed by atoms with van der Waals surface area (Å²) in [5.74, 6) is -4.00. The van der Waals surface area contributed by atoms with Gasteiger partial charge >= 0.3 is 17.7 Å². The normalized spacial score (nSPS) is 13.5. The molecule has 1 N–H and O–H groups in total. The molecular weight excluding hydrogens is 236 g/mol. The van der Waals surface area contributed by atoms with E-state index in [4.69, 9.17) is 4.74 Å². The number of carbonyl (C=O) groups excluding carboxylic acids is 2. The van der Waals surface area contributed by atoms with Crippen LogP contribution < -0.4 is 0 Å². The molecule has 0 saturated heterocycles. The molecule has 0 aliphatic heterocycles. The van der Waals surface area contributed by atoms with Crippen molar-refractivity contribution in [1.82, 2.24) is 0 Å². The van der Waals surface area contributed by atoms with Gasteiger partial charge in [0.05, 0.1) is 6.61 Å². The van der Waals surface area contributed by atoms with Gasteiger partial charge in [-0.25, -0.2) is 9.59 Å². The number of hydrogen-bond donors (Lipinski definition) is 1. The first kappa shape index (κ1) is 16.6. The summed E-state index contributed by atoms with van der Waals surface area (Å²) in [5, 5.41) is 9.83. The second kappa shape index (κ2) is 8.69. The SMILES string of the molecule is C=CC(=O)OC(O)(CC)C(=O)OCCCCCC. The van der Waals surface area contributed by atoms with Crippen LogP contribution in [0.1, 0.15) is 46.0 Å². The Morgan fingerprint density at radius 2 is 1.94 bits per heavy atom. The fourth-order valence-electron chi connectivity index (χ4n) is 1.27. The van der Waals surface area contributed by atoms with Gasteiger partial charge in [0.2, 0.25) is 0 Å². The van der Waals surface area contributed by atoms with Gasteiger partial charge in [-0.3, -0.25) is 0 Å². The van der Waals surface area contributed by atoms with Gasteiger partial charge in [-0.05, 0) is 6.42 Å². The molecule has 18 heavy (non-hydrogen) atoms. The summed E-state index contributed by atoms with van der Waals surface area (Å²) in [6.45, 7) is 7.01. The van der Waals surface area contributed by atoms with Crippen LogP contribution in [0.4, 0.5) is 0 Å². The van der Waals surface area contributed by atoms with Gasteiger partial charge in [0.15, 0.2) is 0 Å². The predicted molar refractivity (Wildman–Crippen MR) is 66.6 cm³/mol.